The van der Waals surface area contributed by atoms with Gasteiger partial charge in [0.25, 0.3) is 0 Å². The molecule has 0 N–H and O–H groups in total. The van der Waals surface area contributed by atoms with E-state index in [9.17, 15) is 4.79 Å². The zero-order chi connectivity index (χ0) is 9.10. The first-order valence-electron chi connectivity index (χ1n) is 4.32. The van der Waals surface area contributed by atoms with Crippen molar-refractivity contribution in [1.82, 2.24) is 0 Å². The van der Waals surface area contributed by atoms with Gasteiger partial charge in [-0.3, -0.25) is 4.79 Å². The number of carbonyl (C=O) groups excluding carboxylic acids is 1. The van der Waals surface area contributed by atoms with Gasteiger partial charge >= 0.3 is 0 Å². The Balaban J connectivity index is 2.88. The van der Waals surface area contributed by atoms with Gasteiger partial charge in [0.2, 0.25) is 0 Å². The summed E-state index contributed by atoms with van der Waals surface area (Å²) in [6.07, 6.45) is 7.71. The van der Waals surface area contributed by atoms with Crippen LogP contribution in [0, 0.1) is 0 Å². The number of hydrogen-bond acceptors (Lipinski definition) is 1. The highest BCUT2D eigenvalue weighted by Gasteiger charge is 1.97. The second-order valence-corrected chi connectivity index (χ2v) is 3.03. The minimum absolute atomic E-state index is 0.733. The molecular formula is C12H10O. The molecule has 1 aliphatic carbocycles. The van der Waals surface area contributed by atoms with Crippen LogP contribution in [-0.4, -0.2) is 6.29 Å². The van der Waals surface area contributed by atoms with Gasteiger partial charge in [0.1, 0.15) is 6.29 Å². The number of aldehydes is 1. The second kappa shape index (κ2) is 3.40. The Kier molecular flexibility index (Phi) is 2.09. The summed E-state index contributed by atoms with van der Waals surface area (Å²) in [5.41, 5.74) is 0.862. The summed E-state index contributed by atoms with van der Waals surface area (Å²) in [4.78, 5) is 10.8. The molecule has 0 heterocycles. The fourth-order valence-corrected chi connectivity index (χ4v) is 1.52. The third-order valence-corrected chi connectivity index (χ3v) is 2.20. The quantitative estimate of drug-likeness (QED) is 0.569. The standard InChI is InChI=1S/C12H10O/c13-9-11-7-2-1-5-10-6-3-4-8-12(10)11/h1-6,8-9H,7H2. The van der Waals surface area contributed by atoms with E-state index >= 15 is 0 Å². The minimum Gasteiger partial charge on any atom is -0.298 e. The lowest BCUT2D eigenvalue weighted by Gasteiger charge is -1.93. The van der Waals surface area contributed by atoms with Crippen LogP contribution in [0.3, 0.4) is 0 Å². The van der Waals surface area contributed by atoms with E-state index in [1.807, 2.05) is 42.5 Å². The molecule has 0 saturated carbocycles. The summed E-state index contributed by atoms with van der Waals surface area (Å²) < 4.78 is 0. The molecule has 0 radical (unpaired) electrons. The van der Waals surface area contributed by atoms with E-state index in [1.54, 1.807) is 0 Å². The predicted octanol–water partition coefficient (Wildman–Crippen LogP) is 0.777. The van der Waals surface area contributed by atoms with E-state index in [2.05, 4.69) is 0 Å². The van der Waals surface area contributed by atoms with Gasteiger partial charge in [0, 0.05) is 5.57 Å². The molecule has 64 valence electrons. The fraction of sp³-hybridized carbons (Fsp3) is 0.0833. The summed E-state index contributed by atoms with van der Waals surface area (Å²) >= 11 is 0. The van der Waals surface area contributed by atoms with E-state index in [0.717, 1.165) is 28.7 Å². The maximum Gasteiger partial charge on any atom is 0.146 e. The van der Waals surface area contributed by atoms with Crippen LogP contribution in [0.1, 0.15) is 6.42 Å². The average Bonchev–Trinajstić information content (AvgIpc) is 2.39. The zero-order valence-electron chi connectivity index (χ0n) is 7.23. The van der Waals surface area contributed by atoms with Crippen molar-refractivity contribution >= 4 is 17.9 Å². The Morgan fingerprint density at radius 3 is 2.92 bits per heavy atom. The van der Waals surface area contributed by atoms with Gasteiger partial charge in [-0.2, -0.15) is 0 Å². The first-order valence-corrected chi connectivity index (χ1v) is 4.32. The molecule has 1 aromatic rings. The van der Waals surface area contributed by atoms with Crippen molar-refractivity contribution in [1.29, 1.82) is 0 Å². The van der Waals surface area contributed by atoms with Crippen LogP contribution < -0.4 is 10.4 Å². The molecule has 0 aromatic heterocycles. The number of benzene rings is 1. The van der Waals surface area contributed by atoms with Gasteiger partial charge in [-0.25, -0.2) is 0 Å². The number of allylic oxidation sites excluding steroid dienone is 2. The summed E-state index contributed by atoms with van der Waals surface area (Å²) in [6, 6.07) is 7.95. The number of carbonyl (C=O) groups is 1. The third-order valence-electron chi connectivity index (χ3n) is 2.20. The molecule has 0 fully saturated rings. The lowest BCUT2D eigenvalue weighted by molar-refractivity contribution is -0.103. The van der Waals surface area contributed by atoms with Gasteiger partial charge in [-0.1, -0.05) is 42.5 Å². The van der Waals surface area contributed by atoms with Crippen LogP contribution in [0.25, 0.3) is 11.6 Å². The molecule has 13 heavy (non-hydrogen) atoms. The Morgan fingerprint density at radius 2 is 2.08 bits per heavy atom. The normalized spacial score (nSPS) is 14.3. The van der Waals surface area contributed by atoms with Crippen LogP contribution in [0.5, 0.6) is 0 Å². The summed E-state index contributed by atoms with van der Waals surface area (Å²) in [6.45, 7) is 0. The molecule has 0 unspecified atom stereocenters. The highest BCUT2D eigenvalue weighted by atomic mass is 16.1. The highest BCUT2D eigenvalue weighted by molar-refractivity contribution is 5.99. The Labute approximate surface area is 76.7 Å². The highest BCUT2D eigenvalue weighted by Crippen LogP contribution is 1.99. The maximum absolute atomic E-state index is 10.8. The van der Waals surface area contributed by atoms with Crippen LogP contribution in [-0.2, 0) is 4.79 Å². The molecule has 1 heteroatoms. The molecule has 1 aliphatic rings. The molecule has 1 aromatic carbocycles. The van der Waals surface area contributed by atoms with E-state index in [4.69, 9.17) is 0 Å². The second-order valence-electron chi connectivity index (χ2n) is 3.03. The van der Waals surface area contributed by atoms with Crippen molar-refractivity contribution in [3.8, 4) is 0 Å². The van der Waals surface area contributed by atoms with Crippen LogP contribution >= 0.6 is 0 Å². The summed E-state index contributed by atoms with van der Waals surface area (Å²) in [7, 11) is 0. The maximum atomic E-state index is 10.8. The lowest BCUT2D eigenvalue weighted by Crippen LogP contribution is -2.25. The Hall–Kier alpha value is -1.63. The molecule has 0 atom stereocenters. The predicted molar refractivity (Wildman–Crippen MR) is 53.4 cm³/mol. The Bertz CT molecular complexity index is 466. The first kappa shape index (κ1) is 7.99. The third kappa shape index (κ3) is 1.45. The van der Waals surface area contributed by atoms with Crippen molar-refractivity contribution in [3.05, 3.63) is 46.9 Å². The summed E-state index contributed by atoms with van der Waals surface area (Å²) in [5, 5.41) is 2.18. The largest absolute Gasteiger partial charge is 0.298 e. The van der Waals surface area contributed by atoms with E-state index in [1.165, 1.54) is 0 Å². The van der Waals surface area contributed by atoms with E-state index in [-0.39, 0.29) is 0 Å². The van der Waals surface area contributed by atoms with E-state index < -0.39 is 0 Å². The minimum atomic E-state index is 0.733. The molecule has 0 saturated heterocycles. The van der Waals surface area contributed by atoms with Crippen molar-refractivity contribution < 1.29 is 4.79 Å². The first-order chi connectivity index (χ1) is 6.42. The van der Waals surface area contributed by atoms with Gasteiger partial charge in [0.15, 0.2) is 0 Å². The van der Waals surface area contributed by atoms with Crippen molar-refractivity contribution in [3.63, 3.8) is 0 Å². The average molecular weight is 170 g/mol. The molecule has 0 bridgehead atoms. The molecular weight excluding hydrogens is 160 g/mol. The molecule has 0 aliphatic heterocycles. The number of rotatable bonds is 1. The van der Waals surface area contributed by atoms with Crippen molar-refractivity contribution in [2.45, 2.75) is 6.42 Å². The van der Waals surface area contributed by atoms with Gasteiger partial charge in [-0.15, -0.1) is 0 Å². The molecule has 1 nitrogen and oxygen atoms in total. The Morgan fingerprint density at radius 1 is 1.23 bits per heavy atom. The number of hydrogen-bond donors (Lipinski definition) is 0. The van der Waals surface area contributed by atoms with Crippen molar-refractivity contribution in [2.75, 3.05) is 0 Å². The van der Waals surface area contributed by atoms with Gasteiger partial charge < -0.3 is 0 Å². The van der Waals surface area contributed by atoms with Gasteiger partial charge in [-0.05, 0) is 16.9 Å². The topological polar surface area (TPSA) is 17.1 Å². The monoisotopic (exact) mass is 170 g/mol. The van der Waals surface area contributed by atoms with Crippen LogP contribution in [0.2, 0.25) is 0 Å². The SMILES string of the molecule is O=CC1=c2ccccc2=CC=CC1. The zero-order valence-corrected chi connectivity index (χ0v) is 7.23. The van der Waals surface area contributed by atoms with E-state index in [0.29, 0.717) is 0 Å². The lowest BCUT2D eigenvalue weighted by atomic mass is 10.1. The number of fused-ring (bicyclic) bond motifs is 1. The van der Waals surface area contributed by atoms with Crippen LogP contribution in [0.15, 0.2) is 36.4 Å². The molecule has 0 amide bonds. The fourth-order valence-electron chi connectivity index (χ4n) is 1.52. The summed E-state index contributed by atoms with van der Waals surface area (Å²) in [5.74, 6) is 0. The van der Waals surface area contributed by atoms with Gasteiger partial charge in [0.05, 0.1) is 0 Å². The molecule has 0 spiro atoms. The van der Waals surface area contributed by atoms with Crippen LogP contribution in [0.4, 0.5) is 0 Å². The molecule has 2 rings (SSSR count). The smallest absolute Gasteiger partial charge is 0.146 e. The van der Waals surface area contributed by atoms with Crippen molar-refractivity contribution in [2.24, 2.45) is 0 Å².